The SMILES string of the molecule is CCN(CC)CC1CCN(C(=NC)NCC2CCN(Cc3ccc(C)cc3)CC2)C1.I. The van der Waals surface area contributed by atoms with Gasteiger partial charge in [0.2, 0.25) is 0 Å². The van der Waals surface area contributed by atoms with Crippen LogP contribution >= 0.6 is 24.0 Å². The van der Waals surface area contributed by atoms with Gasteiger partial charge in [-0.2, -0.15) is 0 Å². The first-order chi connectivity index (χ1) is 14.6. The van der Waals surface area contributed by atoms with Gasteiger partial charge in [0.15, 0.2) is 5.96 Å². The Balaban J connectivity index is 0.00000341. The number of hydrogen-bond donors (Lipinski definition) is 1. The summed E-state index contributed by atoms with van der Waals surface area (Å²) >= 11 is 0. The fourth-order valence-corrected chi connectivity index (χ4v) is 4.89. The third-order valence-electron chi connectivity index (χ3n) is 6.99. The second kappa shape index (κ2) is 13.6. The maximum absolute atomic E-state index is 4.59. The maximum atomic E-state index is 4.59. The van der Waals surface area contributed by atoms with Crippen molar-refractivity contribution >= 4 is 29.9 Å². The lowest BCUT2D eigenvalue weighted by atomic mass is 9.96. The van der Waals surface area contributed by atoms with Crippen LogP contribution in [0.4, 0.5) is 0 Å². The van der Waals surface area contributed by atoms with Crippen LogP contribution in [0, 0.1) is 18.8 Å². The lowest BCUT2D eigenvalue weighted by Crippen LogP contribution is -2.44. The van der Waals surface area contributed by atoms with Gasteiger partial charge in [0.1, 0.15) is 0 Å². The van der Waals surface area contributed by atoms with E-state index < -0.39 is 0 Å². The second-order valence-electron chi connectivity index (χ2n) is 9.22. The first-order valence-corrected chi connectivity index (χ1v) is 12.1. The Kier molecular flexibility index (Phi) is 11.6. The van der Waals surface area contributed by atoms with Gasteiger partial charge in [-0.1, -0.05) is 43.7 Å². The van der Waals surface area contributed by atoms with E-state index in [4.69, 9.17) is 0 Å². The molecule has 6 heteroatoms. The van der Waals surface area contributed by atoms with Gasteiger partial charge >= 0.3 is 0 Å². The Bertz CT molecular complexity index is 650. The average molecular weight is 542 g/mol. The first-order valence-electron chi connectivity index (χ1n) is 12.1. The smallest absolute Gasteiger partial charge is 0.193 e. The van der Waals surface area contributed by atoms with E-state index in [1.54, 1.807) is 0 Å². The highest BCUT2D eigenvalue weighted by molar-refractivity contribution is 14.0. The summed E-state index contributed by atoms with van der Waals surface area (Å²) in [5.41, 5.74) is 2.78. The molecule has 2 saturated heterocycles. The molecule has 0 amide bonds. The van der Waals surface area contributed by atoms with Crippen molar-refractivity contribution in [3.8, 4) is 0 Å². The predicted octanol–water partition coefficient (Wildman–Crippen LogP) is 4.06. The molecule has 0 saturated carbocycles. The molecule has 1 aromatic rings. The Morgan fingerprint density at radius 2 is 1.68 bits per heavy atom. The number of hydrogen-bond acceptors (Lipinski definition) is 3. The van der Waals surface area contributed by atoms with Crippen LogP contribution in [-0.4, -0.2) is 80.1 Å². The van der Waals surface area contributed by atoms with Crippen molar-refractivity contribution in [2.45, 2.75) is 46.6 Å². The van der Waals surface area contributed by atoms with Gasteiger partial charge in [-0.25, -0.2) is 0 Å². The third-order valence-corrected chi connectivity index (χ3v) is 6.99. The van der Waals surface area contributed by atoms with Crippen molar-refractivity contribution in [1.29, 1.82) is 0 Å². The molecule has 1 N–H and O–H groups in total. The Morgan fingerprint density at radius 3 is 2.29 bits per heavy atom. The number of nitrogens with zero attached hydrogens (tertiary/aromatic N) is 4. The number of halogens is 1. The quantitative estimate of drug-likeness (QED) is 0.306. The number of aryl methyl sites for hydroxylation is 1. The number of rotatable bonds is 8. The summed E-state index contributed by atoms with van der Waals surface area (Å²) in [6, 6.07) is 9.00. The Labute approximate surface area is 207 Å². The molecule has 2 fully saturated rings. The zero-order valence-corrected chi connectivity index (χ0v) is 22.5. The van der Waals surface area contributed by atoms with Crippen LogP contribution in [0.5, 0.6) is 0 Å². The van der Waals surface area contributed by atoms with Gasteiger partial charge < -0.3 is 15.1 Å². The molecular weight excluding hydrogens is 497 g/mol. The maximum Gasteiger partial charge on any atom is 0.193 e. The van der Waals surface area contributed by atoms with Gasteiger partial charge in [-0.3, -0.25) is 9.89 Å². The minimum Gasteiger partial charge on any atom is -0.356 e. The molecule has 0 aromatic heterocycles. The molecule has 0 radical (unpaired) electrons. The molecule has 0 aliphatic carbocycles. The van der Waals surface area contributed by atoms with Crippen LogP contribution in [0.1, 0.15) is 44.2 Å². The van der Waals surface area contributed by atoms with Gasteiger partial charge in [0, 0.05) is 39.8 Å². The van der Waals surface area contributed by atoms with Gasteiger partial charge in [0.05, 0.1) is 0 Å². The molecule has 5 nitrogen and oxygen atoms in total. The molecule has 1 unspecified atom stereocenters. The third kappa shape index (κ3) is 8.21. The highest BCUT2D eigenvalue weighted by Gasteiger charge is 2.27. The lowest BCUT2D eigenvalue weighted by Gasteiger charge is -2.33. The summed E-state index contributed by atoms with van der Waals surface area (Å²) < 4.78 is 0. The number of piperidine rings is 1. The number of benzene rings is 1. The Hall–Kier alpha value is -0.860. The molecule has 1 atom stereocenters. The molecule has 3 rings (SSSR count). The van der Waals surface area contributed by atoms with Crippen LogP contribution in [0.15, 0.2) is 29.3 Å². The first kappa shape index (κ1) is 26.4. The fraction of sp³-hybridized carbons (Fsp3) is 0.720. The summed E-state index contributed by atoms with van der Waals surface area (Å²) in [7, 11) is 1.93. The largest absolute Gasteiger partial charge is 0.356 e. The summed E-state index contributed by atoms with van der Waals surface area (Å²) in [5.74, 6) is 2.64. The zero-order chi connectivity index (χ0) is 21.3. The van der Waals surface area contributed by atoms with Crippen LogP contribution in [-0.2, 0) is 6.54 Å². The van der Waals surface area contributed by atoms with Crippen molar-refractivity contribution in [2.75, 3.05) is 59.4 Å². The molecule has 2 aliphatic rings. The Morgan fingerprint density at radius 1 is 1.03 bits per heavy atom. The topological polar surface area (TPSA) is 34.1 Å². The highest BCUT2D eigenvalue weighted by atomic mass is 127. The number of guanidine groups is 1. The monoisotopic (exact) mass is 541 g/mol. The summed E-state index contributed by atoms with van der Waals surface area (Å²) in [4.78, 5) is 12.2. The predicted molar refractivity (Wildman–Crippen MR) is 143 cm³/mol. The molecule has 0 bridgehead atoms. The minimum absolute atomic E-state index is 0. The van der Waals surface area contributed by atoms with Crippen molar-refractivity contribution < 1.29 is 0 Å². The molecule has 31 heavy (non-hydrogen) atoms. The van der Waals surface area contributed by atoms with Crippen molar-refractivity contribution in [3.63, 3.8) is 0 Å². The van der Waals surface area contributed by atoms with E-state index in [9.17, 15) is 0 Å². The van der Waals surface area contributed by atoms with E-state index >= 15 is 0 Å². The number of aliphatic imine (C=N–C) groups is 1. The van der Waals surface area contributed by atoms with E-state index in [0.29, 0.717) is 0 Å². The highest BCUT2D eigenvalue weighted by Crippen LogP contribution is 2.20. The van der Waals surface area contributed by atoms with Gasteiger partial charge in [-0.15, -0.1) is 24.0 Å². The standard InChI is InChI=1S/C25H43N5.HI/c1-5-28(6-2)19-24-13-16-30(20-24)25(26-4)27-17-22-11-14-29(15-12-22)18-23-9-7-21(3)8-10-23;/h7-10,22,24H,5-6,11-20H2,1-4H3,(H,26,27);1H. The van der Waals surface area contributed by atoms with E-state index in [1.807, 2.05) is 7.05 Å². The molecular formula is C25H44IN5. The molecule has 2 aliphatic heterocycles. The van der Waals surface area contributed by atoms with E-state index in [2.05, 4.69) is 70.0 Å². The van der Waals surface area contributed by atoms with E-state index in [-0.39, 0.29) is 24.0 Å². The van der Waals surface area contributed by atoms with Crippen LogP contribution in [0.25, 0.3) is 0 Å². The van der Waals surface area contributed by atoms with E-state index in [0.717, 1.165) is 57.1 Å². The number of nitrogens with one attached hydrogen (secondary N) is 1. The van der Waals surface area contributed by atoms with Crippen LogP contribution < -0.4 is 5.32 Å². The fourth-order valence-electron chi connectivity index (χ4n) is 4.89. The van der Waals surface area contributed by atoms with Gasteiger partial charge in [0.25, 0.3) is 0 Å². The molecule has 1 aromatic carbocycles. The van der Waals surface area contributed by atoms with Gasteiger partial charge in [-0.05, 0) is 69.8 Å². The molecule has 2 heterocycles. The van der Waals surface area contributed by atoms with Crippen molar-refractivity contribution in [2.24, 2.45) is 16.8 Å². The summed E-state index contributed by atoms with van der Waals surface area (Å²) in [6.07, 6.45) is 3.84. The normalized spacial score (nSPS) is 20.9. The minimum atomic E-state index is 0. The zero-order valence-electron chi connectivity index (χ0n) is 20.1. The van der Waals surface area contributed by atoms with Crippen LogP contribution in [0.3, 0.4) is 0 Å². The van der Waals surface area contributed by atoms with Crippen LogP contribution in [0.2, 0.25) is 0 Å². The second-order valence-corrected chi connectivity index (χ2v) is 9.22. The number of likely N-dealkylation sites (tertiary alicyclic amines) is 2. The molecule has 176 valence electrons. The summed E-state index contributed by atoms with van der Waals surface area (Å²) in [6.45, 7) is 17.1. The van der Waals surface area contributed by atoms with Crippen molar-refractivity contribution in [1.82, 2.24) is 20.0 Å². The lowest BCUT2D eigenvalue weighted by molar-refractivity contribution is 0.177. The van der Waals surface area contributed by atoms with E-state index in [1.165, 1.54) is 50.0 Å². The molecule has 0 spiro atoms. The summed E-state index contributed by atoms with van der Waals surface area (Å²) in [5, 5.41) is 3.70. The average Bonchev–Trinajstić information content (AvgIpc) is 3.23. The van der Waals surface area contributed by atoms with Crippen molar-refractivity contribution in [3.05, 3.63) is 35.4 Å².